The second kappa shape index (κ2) is 20.2. The van der Waals surface area contributed by atoms with Crippen molar-refractivity contribution in [3.05, 3.63) is 78.1 Å². The summed E-state index contributed by atoms with van der Waals surface area (Å²) >= 11 is 0. The van der Waals surface area contributed by atoms with E-state index in [1.54, 1.807) is 28.5 Å². The molecule has 0 bridgehead atoms. The molecule has 1 aliphatic heterocycles. The molecule has 14 heteroatoms. The molecule has 3 aromatic rings. The van der Waals surface area contributed by atoms with Crippen LogP contribution >= 0.6 is 74.4 Å². The molecule has 0 saturated carbocycles. The zero-order chi connectivity index (χ0) is 22.3. The lowest BCUT2D eigenvalue weighted by Gasteiger charge is -2.35. The molecular formula is C24H34Cl6N6O2. The van der Waals surface area contributed by atoms with Crippen LogP contribution in [0.5, 0.6) is 0 Å². The molecule has 1 fully saturated rings. The quantitative estimate of drug-likeness (QED) is 0.329. The van der Waals surface area contributed by atoms with E-state index in [0.717, 1.165) is 54.7 Å². The van der Waals surface area contributed by atoms with Gasteiger partial charge in [0.2, 0.25) is 12.3 Å². The van der Waals surface area contributed by atoms with Crippen LogP contribution in [-0.2, 0) is 28.9 Å². The number of nitrogens with two attached hydrogens (primary N) is 1. The van der Waals surface area contributed by atoms with Crippen LogP contribution in [0, 0.1) is 0 Å². The number of carbonyl (C=O) groups excluding carboxylic acids is 2. The smallest absolute Gasteiger partial charge is 0.241 e. The zero-order valence-electron chi connectivity index (χ0n) is 20.4. The molecule has 214 valence electrons. The van der Waals surface area contributed by atoms with E-state index < -0.39 is 6.04 Å². The number of hydrogen-bond donors (Lipinski definition) is 2. The van der Waals surface area contributed by atoms with E-state index in [-0.39, 0.29) is 86.5 Å². The van der Waals surface area contributed by atoms with E-state index in [0.29, 0.717) is 13.0 Å². The SMILES string of the molecule is Cl.Cl.Cl.Cl.Cl.Cl.N[C@@H](Cc1cnc[nH]1)C(=O)N1CCC[C@H]1N(C=O)c1ccccc1CCc1ccccn1. The van der Waals surface area contributed by atoms with Crippen molar-refractivity contribution in [2.24, 2.45) is 5.73 Å². The van der Waals surface area contributed by atoms with Crippen LogP contribution in [0.1, 0.15) is 29.8 Å². The van der Waals surface area contributed by atoms with Crippen molar-refractivity contribution in [2.75, 3.05) is 11.4 Å². The maximum Gasteiger partial charge on any atom is 0.241 e. The zero-order valence-corrected chi connectivity index (χ0v) is 25.3. The summed E-state index contributed by atoms with van der Waals surface area (Å²) in [7, 11) is 0. The monoisotopic (exact) mass is 648 g/mol. The van der Waals surface area contributed by atoms with Crippen LogP contribution in [0.15, 0.2) is 61.2 Å². The van der Waals surface area contributed by atoms with E-state index >= 15 is 0 Å². The number of nitrogens with zero attached hydrogens (tertiary/aromatic N) is 4. The molecule has 2 aromatic heterocycles. The summed E-state index contributed by atoms with van der Waals surface area (Å²) in [5.74, 6) is -0.153. The first-order chi connectivity index (χ1) is 15.7. The van der Waals surface area contributed by atoms with Gasteiger partial charge in [-0.2, -0.15) is 0 Å². The predicted octanol–water partition coefficient (Wildman–Crippen LogP) is 4.60. The number of halogens is 6. The van der Waals surface area contributed by atoms with Crippen molar-refractivity contribution in [3.63, 3.8) is 0 Å². The number of anilines is 1. The van der Waals surface area contributed by atoms with E-state index in [1.807, 2.05) is 42.5 Å². The number of rotatable bonds is 9. The standard InChI is InChI=1S/C24H28N6O2.6ClH/c25-21(14-20-15-26-16-28-20)24(32)29-13-5-9-23(29)30(17-31)22-8-2-1-6-18(22)10-11-19-7-3-4-12-27-19;;;;;;/h1-4,6-8,12,15-17,21,23H,5,9-11,13-14,25H2,(H,26,28);6*1H/t21-,23+;;;;;;/m0....../s1. The Morgan fingerprint density at radius 1 is 1.08 bits per heavy atom. The first-order valence-electron chi connectivity index (χ1n) is 10.9. The molecule has 3 N–H and O–H groups in total. The summed E-state index contributed by atoms with van der Waals surface area (Å²) in [6.45, 7) is 0.584. The van der Waals surface area contributed by atoms with Gasteiger partial charge in [-0.05, 0) is 49.4 Å². The molecule has 38 heavy (non-hydrogen) atoms. The molecule has 0 radical (unpaired) electrons. The maximum atomic E-state index is 13.1. The number of likely N-dealkylation sites (tertiary alicyclic amines) is 1. The lowest BCUT2D eigenvalue weighted by atomic mass is 10.0. The number of benzene rings is 1. The topological polar surface area (TPSA) is 108 Å². The van der Waals surface area contributed by atoms with E-state index in [2.05, 4.69) is 15.0 Å². The molecule has 0 aliphatic carbocycles. The number of amides is 2. The minimum atomic E-state index is -0.691. The van der Waals surface area contributed by atoms with Crippen LogP contribution in [0.4, 0.5) is 5.69 Å². The van der Waals surface area contributed by atoms with Crippen LogP contribution in [0.25, 0.3) is 0 Å². The molecule has 1 saturated heterocycles. The number of H-pyrrole nitrogens is 1. The van der Waals surface area contributed by atoms with Gasteiger partial charge in [0.15, 0.2) is 0 Å². The van der Waals surface area contributed by atoms with Crippen LogP contribution in [0.2, 0.25) is 0 Å². The van der Waals surface area contributed by atoms with Gasteiger partial charge in [0, 0.05) is 42.4 Å². The number of carbonyl (C=O) groups is 2. The Kier molecular flexibility index (Phi) is 21.6. The Morgan fingerprint density at radius 2 is 1.79 bits per heavy atom. The number of hydrogen-bond acceptors (Lipinski definition) is 5. The first kappa shape index (κ1) is 40.7. The normalized spacial score (nSPS) is 14.0. The van der Waals surface area contributed by atoms with E-state index in [1.165, 1.54) is 0 Å². The van der Waals surface area contributed by atoms with Crippen molar-refractivity contribution in [3.8, 4) is 0 Å². The molecular weight excluding hydrogens is 617 g/mol. The third-order valence-electron chi connectivity index (χ3n) is 5.90. The Bertz CT molecular complexity index is 1050. The van der Waals surface area contributed by atoms with Gasteiger partial charge in [0.1, 0.15) is 6.17 Å². The van der Waals surface area contributed by atoms with Crippen molar-refractivity contribution in [1.82, 2.24) is 19.9 Å². The third-order valence-corrected chi connectivity index (χ3v) is 5.90. The second-order valence-corrected chi connectivity index (χ2v) is 8.00. The van der Waals surface area contributed by atoms with Crippen LogP contribution in [-0.4, -0.2) is 50.9 Å². The molecule has 4 rings (SSSR count). The van der Waals surface area contributed by atoms with Gasteiger partial charge >= 0.3 is 0 Å². The fraction of sp³-hybridized carbons (Fsp3) is 0.333. The van der Waals surface area contributed by atoms with Crippen molar-refractivity contribution in [2.45, 2.75) is 44.3 Å². The highest BCUT2D eigenvalue weighted by Crippen LogP contribution is 2.29. The van der Waals surface area contributed by atoms with Gasteiger partial charge in [-0.3, -0.25) is 19.5 Å². The summed E-state index contributed by atoms with van der Waals surface area (Å²) in [6, 6.07) is 13.0. The highest BCUT2D eigenvalue weighted by atomic mass is 35.5. The minimum Gasteiger partial charge on any atom is -0.348 e. The Hall–Kier alpha value is -1.78. The molecule has 0 unspecified atom stereocenters. The summed E-state index contributed by atoms with van der Waals surface area (Å²) < 4.78 is 0. The highest BCUT2D eigenvalue weighted by Gasteiger charge is 2.36. The molecule has 2 atom stereocenters. The van der Waals surface area contributed by atoms with Gasteiger partial charge in [0.25, 0.3) is 0 Å². The fourth-order valence-corrected chi connectivity index (χ4v) is 4.30. The number of pyridine rings is 1. The Morgan fingerprint density at radius 3 is 2.42 bits per heavy atom. The minimum absolute atomic E-state index is 0. The molecule has 1 aromatic carbocycles. The molecule has 1 aliphatic rings. The molecule has 3 heterocycles. The average molecular weight is 651 g/mol. The van der Waals surface area contributed by atoms with Gasteiger partial charge in [-0.15, -0.1) is 74.4 Å². The van der Waals surface area contributed by atoms with E-state index in [4.69, 9.17) is 5.73 Å². The lowest BCUT2D eigenvalue weighted by Crippen LogP contribution is -2.53. The van der Waals surface area contributed by atoms with Crippen molar-refractivity contribution < 1.29 is 9.59 Å². The van der Waals surface area contributed by atoms with Gasteiger partial charge in [0.05, 0.1) is 12.4 Å². The van der Waals surface area contributed by atoms with Gasteiger partial charge in [-0.25, -0.2) is 4.98 Å². The van der Waals surface area contributed by atoms with Gasteiger partial charge in [-0.1, -0.05) is 24.3 Å². The lowest BCUT2D eigenvalue weighted by molar-refractivity contribution is -0.133. The second-order valence-electron chi connectivity index (χ2n) is 8.00. The van der Waals surface area contributed by atoms with E-state index in [9.17, 15) is 9.59 Å². The highest BCUT2D eigenvalue weighted by molar-refractivity contribution is 5.86. The number of aromatic nitrogens is 3. The fourth-order valence-electron chi connectivity index (χ4n) is 4.30. The predicted molar refractivity (Wildman–Crippen MR) is 165 cm³/mol. The van der Waals surface area contributed by atoms with Crippen molar-refractivity contribution >= 4 is 92.4 Å². The average Bonchev–Trinajstić information content (AvgIpc) is 3.52. The number of para-hydroxylation sites is 1. The number of nitrogens with one attached hydrogen (secondary N) is 1. The Balaban J connectivity index is -0.00000204. The van der Waals surface area contributed by atoms with Gasteiger partial charge < -0.3 is 15.6 Å². The molecule has 2 amide bonds. The molecule has 8 nitrogen and oxygen atoms in total. The number of aryl methyl sites for hydroxylation is 2. The first-order valence-corrected chi connectivity index (χ1v) is 10.9. The third kappa shape index (κ3) is 10.1. The largest absolute Gasteiger partial charge is 0.348 e. The maximum absolute atomic E-state index is 13.1. The van der Waals surface area contributed by atoms with Crippen molar-refractivity contribution in [1.29, 1.82) is 0 Å². The summed E-state index contributed by atoms with van der Waals surface area (Å²) in [6.07, 6.45) is 8.95. The summed E-state index contributed by atoms with van der Waals surface area (Å²) in [5, 5.41) is 0. The summed E-state index contributed by atoms with van der Waals surface area (Å²) in [4.78, 5) is 40.2. The summed E-state index contributed by atoms with van der Waals surface area (Å²) in [5.41, 5.74) is 9.91. The number of imidazole rings is 1. The molecule has 0 spiro atoms. The number of aromatic amines is 1. The Labute approximate surface area is 260 Å². The van der Waals surface area contributed by atoms with Crippen LogP contribution < -0.4 is 10.6 Å². The van der Waals surface area contributed by atoms with Crippen LogP contribution in [0.3, 0.4) is 0 Å².